The van der Waals surface area contributed by atoms with Crippen molar-refractivity contribution in [2.45, 2.75) is 26.3 Å². The normalized spacial score (nSPS) is 11.6. The number of carbonyl (C=O) groups excluding carboxylic acids is 1. The van der Waals surface area contributed by atoms with Gasteiger partial charge in [-0.15, -0.1) is 0 Å². The molecule has 23 heavy (non-hydrogen) atoms. The van der Waals surface area contributed by atoms with E-state index in [1.165, 1.54) is 0 Å². The van der Waals surface area contributed by atoms with E-state index < -0.39 is 6.23 Å². The van der Waals surface area contributed by atoms with Crippen molar-refractivity contribution in [2.24, 2.45) is 0 Å². The molecule has 0 spiro atoms. The Balaban J connectivity index is 1.75. The Kier molecular flexibility index (Phi) is 6.26. The molecule has 0 aromatic heterocycles. The van der Waals surface area contributed by atoms with Crippen LogP contribution in [0.5, 0.6) is 5.75 Å². The SMILES string of the molecule is CC(NC(=O)NCc1ccc(CO)cc1)Oc1ccc(Cl)cc1. The fourth-order valence-corrected chi connectivity index (χ4v) is 2.05. The minimum absolute atomic E-state index is 0.00768. The number of hydrogen-bond acceptors (Lipinski definition) is 3. The average molecular weight is 335 g/mol. The number of halogens is 1. The Labute approximate surface area is 140 Å². The lowest BCUT2D eigenvalue weighted by Crippen LogP contribution is -2.43. The molecule has 0 aliphatic heterocycles. The fourth-order valence-electron chi connectivity index (χ4n) is 1.93. The van der Waals surface area contributed by atoms with Crippen LogP contribution in [-0.4, -0.2) is 17.4 Å². The first-order valence-electron chi connectivity index (χ1n) is 7.22. The lowest BCUT2D eigenvalue weighted by molar-refractivity contribution is 0.177. The van der Waals surface area contributed by atoms with E-state index in [1.807, 2.05) is 24.3 Å². The van der Waals surface area contributed by atoms with Crippen LogP contribution in [0.3, 0.4) is 0 Å². The number of aliphatic hydroxyl groups excluding tert-OH is 1. The minimum atomic E-state index is -0.479. The molecule has 6 heteroatoms. The van der Waals surface area contributed by atoms with E-state index in [1.54, 1.807) is 31.2 Å². The lowest BCUT2D eigenvalue weighted by atomic mass is 10.1. The molecule has 5 nitrogen and oxygen atoms in total. The molecule has 0 radical (unpaired) electrons. The van der Waals surface area contributed by atoms with E-state index in [0.717, 1.165) is 11.1 Å². The van der Waals surface area contributed by atoms with Crippen LogP contribution in [0.2, 0.25) is 5.02 Å². The molecule has 1 unspecified atom stereocenters. The van der Waals surface area contributed by atoms with Crippen LogP contribution in [0.15, 0.2) is 48.5 Å². The van der Waals surface area contributed by atoms with Gasteiger partial charge in [-0.25, -0.2) is 4.79 Å². The van der Waals surface area contributed by atoms with Gasteiger partial charge in [0.25, 0.3) is 0 Å². The van der Waals surface area contributed by atoms with Gasteiger partial charge >= 0.3 is 6.03 Å². The summed E-state index contributed by atoms with van der Waals surface area (Å²) in [6.45, 7) is 2.14. The molecule has 2 aromatic carbocycles. The highest BCUT2D eigenvalue weighted by Crippen LogP contribution is 2.16. The van der Waals surface area contributed by atoms with E-state index in [0.29, 0.717) is 17.3 Å². The molecule has 3 N–H and O–H groups in total. The quantitative estimate of drug-likeness (QED) is 0.711. The summed E-state index contributed by atoms with van der Waals surface area (Å²) < 4.78 is 5.56. The predicted molar refractivity (Wildman–Crippen MR) is 89.3 cm³/mol. The lowest BCUT2D eigenvalue weighted by Gasteiger charge is -2.17. The van der Waals surface area contributed by atoms with Gasteiger partial charge in [-0.2, -0.15) is 0 Å². The summed E-state index contributed by atoms with van der Waals surface area (Å²) in [5.41, 5.74) is 1.78. The molecule has 2 aromatic rings. The average Bonchev–Trinajstić information content (AvgIpc) is 2.55. The van der Waals surface area contributed by atoms with Gasteiger partial charge in [0.1, 0.15) is 5.75 Å². The van der Waals surface area contributed by atoms with Gasteiger partial charge in [-0.05, 0) is 42.3 Å². The summed E-state index contributed by atoms with van der Waals surface area (Å²) >= 11 is 5.80. The van der Waals surface area contributed by atoms with Crippen LogP contribution in [0.4, 0.5) is 4.79 Å². The zero-order valence-electron chi connectivity index (χ0n) is 12.8. The smallest absolute Gasteiger partial charge is 0.317 e. The molecular weight excluding hydrogens is 316 g/mol. The van der Waals surface area contributed by atoms with Crippen molar-refractivity contribution in [3.05, 3.63) is 64.7 Å². The van der Waals surface area contributed by atoms with E-state index in [4.69, 9.17) is 21.4 Å². The number of hydrogen-bond donors (Lipinski definition) is 3. The highest BCUT2D eigenvalue weighted by atomic mass is 35.5. The highest BCUT2D eigenvalue weighted by molar-refractivity contribution is 6.30. The maximum absolute atomic E-state index is 11.8. The summed E-state index contributed by atoms with van der Waals surface area (Å²) in [5, 5.41) is 15.0. The third kappa shape index (κ3) is 5.81. The van der Waals surface area contributed by atoms with Crippen LogP contribution >= 0.6 is 11.6 Å². The first-order valence-corrected chi connectivity index (χ1v) is 7.60. The Morgan fingerprint density at radius 2 is 1.74 bits per heavy atom. The van der Waals surface area contributed by atoms with E-state index in [2.05, 4.69) is 10.6 Å². The van der Waals surface area contributed by atoms with Crippen molar-refractivity contribution < 1.29 is 14.6 Å². The van der Waals surface area contributed by atoms with Gasteiger partial charge < -0.3 is 20.5 Å². The molecule has 1 atom stereocenters. The van der Waals surface area contributed by atoms with Crippen LogP contribution < -0.4 is 15.4 Å². The van der Waals surface area contributed by atoms with E-state index in [-0.39, 0.29) is 12.6 Å². The standard InChI is InChI=1S/C17H19ClN2O3/c1-12(23-16-8-6-15(18)7-9-16)20-17(22)19-10-13-2-4-14(11-21)5-3-13/h2-9,12,21H,10-11H2,1H3,(H2,19,20,22). The van der Waals surface area contributed by atoms with E-state index >= 15 is 0 Å². The molecule has 0 heterocycles. The van der Waals surface area contributed by atoms with Crippen molar-refractivity contribution >= 4 is 17.6 Å². The number of amides is 2. The Bertz CT molecular complexity index is 629. The first kappa shape index (κ1) is 17.1. The van der Waals surface area contributed by atoms with Gasteiger partial charge in [-0.1, -0.05) is 35.9 Å². The number of nitrogens with one attached hydrogen (secondary N) is 2. The second-order valence-electron chi connectivity index (χ2n) is 5.02. The number of ether oxygens (including phenoxy) is 1. The topological polar surface area (TPSA) is 70.6 Å². The Morgan fingerprint density at radius 1 is 1.13 bits per heavy atom. The van der Waals surface area contributed by atoms with E-state index in [9.17, 15) is 4.79 Å². The molecule has 122 valence electrons. The summed E-state index contributed by atoms with van der Waals surface area (Å²) in [6.07, 6.45) is -0.479. The summed E-state index contributed by atoms with van der Waals surface area (Å²) in [5.74, 6) is 0.627. The van der Waals surface area contributed by atoms with Crippen molar-refractivity contribution in [3.8, 4) is 5.75 Å². The fraction of sp³-hybridized carbons (Fsp3) is 0.235. The second-order valence-corrected chi connectivity index (χ2v) is 5.45. The Morgan fingerprint density at radius 3 is 2.35 bits per heavy atom. The first-order chi connectivity index (χ1) is 11.1. The zero-order valence-corrected chi connectivity index (χ0v) is 13.5. The van der Waals surface area contributed by atoms with Crippen LogP contribution in [0, 0.1) is 0 Å². The largest absolute Gasteiger partial charge is 0.471 e. The van der Waals surface area contributed by atoms with Gasteiger partial charge in [0, 0.05) is 11.6 Å². The Hall–Kier alpha value is -2.24. The second kappa shape index (κ2) is 8.41. The molecule has 0 saturated heterocycles. The monoisotopic (exact) mass is 334 g/mol. The minimum Gasteiger partial charge on any atom is -0.471 e. The van der Waals surface area contributed by atoms with Gasteiger partial charge in [0.05, 0.1) is 6.61 Å². The molecule has 0 aliphatic rings. The molecule has 2 rings (SSSR count). The number of benzene rings is 2. The van der Waals surface area contributed by atoms with Gasteiger partial charge in [0.2, 0.25) is 0 Å². The van der Waals surface area contributed by atoms with Crippen molar-refractivity contribution in [3.63, 3.8) is 0 Å². The number of aliphatic hydroxyl groups is 1. The summed E-state index contributed by atoms with van der Waals surface area (Å²) in [7, 11) is 0. The predicted octanol–water partition coefficient (Wildman–Crippen LogP) is 3.06. The van der Waals surface area contributed by atoms with Gasteiger partial charge in [-0.3, -0.25) is 0 Å². The van der Waals surface area contributed by atoms with Crippen molar-refractivity contribution in [2.75, 3.05) is 0 Å². The van der Waals surface area contributed by atoms with Crippen LogP contribution in [0.1, 0.15) is 18.1 Å². The summed E-state index contributed by atoms with van der Waals surface area (Å²) in [4.78, 5) is 11.8. The van der Waals surface area contributed by atoms with Crippen molar-refractivity contribution in [1.82, 2.24) is 10.6 Å². The molecule has 0 saturated carbocycles. The maximum atomic E-state index is 11.8. The number of urea groups is 1. The number of rotatable bonds is 6. The third-order valence-corrected chi connectivity index (χ3v) is 3.37. The van der Waals surface area contributed by atoms with Crippen LogP contribution in [0.25, 0.3) is 0 Å². The van der Waals surface area contributed by atoms with Crippen LogP contribution in [-0.2, 0) is 13.2 Å². The summed E-state index contributed by atoms with van der Waals surface area (Å²) in [6, 6.07) is 14.0. The highest BCUT2D eigenvalue weighted by Gasteiger charge is 2.08. The van der Waals surface area contributed by atoms with Crippen molar-refractivity contribution in [1.29, 1.82) is 0 Å². The molecule has 0 bridgehead atoms. The zero-order chi connectivity index (χ0) is 16.7. The maximum Gasteiger partial charge on any atom is 0.317 e. The molecular formula is C17H19ClN2O3. The molecule has 0 aliphatic carbocycles. The number of carbonyl (C=O) groups is 1. The third-order valence-electron chi connectivity index (χ3n) is 3.12. The molecule has 0 fully saturated rings. The molecule has 2 amide bonds. The van der Waals surface area contributed by atoms with Gasteiger partial charge in [0.15, 0.2) is 6.23 Å².